The first kappa shape index (κ1) is 13.8. The average molecular weight is 257 g/mol. The van der Waals surface area contributed by atoms with Crippen molar-refractivity contribution in [1.82, 2.24) is 0 Å². The van der Waals surface area contributed by atoms with E-state index >= 15 is 0 Å². The molecule has 0 aliphatic carbocycles. The van der Waals surface area contributed by atoms with Crippen LogP contribution in [0.1, 0.15) is 35.6 Å². The summed E-state index contributed by atoms with van der Waals surface area (Å²) in [4.78, 5) is 0. The highest BCUT2D eigenvalue weighted by molar-refractivity contribution is 5.44. The zero-order valence-electron chi connectivity index (χ0n) is 11.7. The molecule has 0 saturated heterocycles. The maximum atomic E-state index is 14.1. The van der Waals surface area contributed by atoms with Crippen LogP contribution in [0.25, 0.3) is 0 Å². The SMILES string of the molecule is CCC(N)(c1cc(C)ccc1C)c1ccccc1F. The van der Waals surface area contributed by atoms with E-state index in [1.807, 2.05) is 32.9 Å². The van der Waals surface area contributed by atoms with Gasteiger partial charge >= 0.3 is 0 Å². The molecule has 100 valence electrons. The van der Waals surface area contributed by atoms with Gasteiger partial charge in [-0.2, -0.15) is 0 Å². The molecule has 0 saturated carbocycles. The van der Waals surface area contributed by atoms with Gasteiger partial charge in [0.25, 0.3) is 0 Å². The summed E-state index contributed by atoms with van der Waals surface area (Å²) >= 11 is 0. The topological polar surface area (TPSA) is 26.0 Å². The molecule has 2 aromatic rings. The van der Waals surface area contributed by atoms with Gasteiger partial charge in [0, 0.05) is 5.56 Å². The molecular weight excluding hydrogens is 237 g/mol. The van der Waals surface area contributed by atoms with Crippen molar-refractivity contribution in [1.29, 1.82) is 0 Å². The molecule has 1 nitrogen and oxygen atoms in total. The van der Waals surface area contributed by atoms with Crippen molar-refractivity contribution in [3.8, 4) is 0 Å². The lowest BCUT2D eigenvalue weighted by Crippen LogP contribution is -2.39. The molecule has 0 heterocycles. The summed E-state index contributed by atoms with van der Waals surface area (Å²) in [5.41, 5.74) is 9.59. The molecule has 0 aromatic heterocycles. The second-order valence-electron chi connectivity index (χ2n) is 5.12. The third-order valence-corrected chi connectivity index (χ3v) is 3.79. The first-order valence-electron chi connectivity index (χ1n) is 6.60. The summed E-state index contributed by atoms with van der Waals surface area (Å²) in [7, 11) is 0. The normalized spacial score (nSPS) is 14.2. The number of hydrogen-bond acceptors (Lipinski definition) is 1. The minimum absolute atomic E-state index is 0.243. The first-order valence-corrected chi connectivity index (χ1v) is 6.60. The number of aryl methyl sites for hydroxylation is 2. The van der Waals surface area contributed by atoms with Crippen LogP contribution in [0.2, 0.25) is 0 Å². The highest BCUT2D eigenvalue weighted by Gasteiger charge is 2.31. The maximum Gasteiger partial charge on any atom is 0.128 e. The third kappa shape index (κ3) is 2.41. The van der Waals surface area contributed by atoms with Gasteiger partial charge in [-0.05, 0) is 37.5 Å². The van der Waals surface area contributed by atoms with E-state index in [4.69, 9.17) is 5.73 Å². The van der Waals surface area contributed by atoms with Gasteiger partial charge in [0.1, 0.15) is 5.82 Å². The Kier molecular flexibility index (Phi) is 3.72. The standard InChI is InChI=1S/C17H20FN/c1-4-17(19,14-7-5-6-8-16(14)18)15-11-12(2)9-10-13(15)3/h5-11H,4,19H2,1-3H3. The third-order valence-electron chi connectivity index (χ3n) is 3.79. The Morgan fingerprint density at radius 3 is 2.37 bits per heavy atom. The second kappa shape index (κ2) is 5.14. The molecule has 2 rings (SSSR count). The zero-order valence-corrected chi connectivity index (χ0v) is 11.7. The van der Waals surface area contributed by atoms with Gasteiger partial charge in [0.05, 0.1) is 5.54 Å². The van der Waals surface area contributed by atoms with Gasteiger partial charge in [0.15, 0.2) is 0 Å². The molecule has 2 aromatic carbocycles. The smallest absolute Gasteiger partial charge is 0.128 e. The quantitative estimate of drug-likeness (QED) is 0.881. The van der Waals surface area contributed by atoms with Crippen molar-refractivity contribution in [3.05, 3.63) is 70.5 Å². The maximum absolute atomic E-state index is 14.1. The van der Waals surface area contributed by atoms with Gasteiger partial charge in [-0.25, -0.2) is 4.39 Å². The average Bonchev–Trinajstić information content (AvgIpc) is 2.41. The van der Waals surface area contributed by atoms with Crippen molar-refractivity contribution in [3.63, 3.8) is 0 Å². The lowest BCUT2D eigenvalue weighted by molar-refractivity contribution is 0.477. The molecule has 0 bridgehead atoms. The highest BCUT2D eigenvalue weighted by Crippen LogP contribution is 2.34. The Labute approximate surface area is 114 Å². The molecule has 0 radical (unpaired) electrons. The Morgan fingerprint density at radius 2 is 1.74 bits per heavy atom. The molecule has 0 spiro atoms. The molecule has 0 fully saturated rings. The van der Waals surface area contributed by atoms with Crippen molar-refractivity contribution >= 4 is 0 Å². The lowest BCUT2D eigenvalue weighted by Gasteiger charge is -2.31. The van der Waals surface area contributed by atoms with Crippen molar-refractivity contribution in [2.45, 2.75) is 32.7 Å². The largest absolute Gasteiger partial charge is 0.318 e. The summed E-state index contributed by atoms with van der Waals surface area (Å²) < 4.78 is 14.1. The predicted molar refractivity (Wildman–Crippen MR) is 77.6 cm³/mol. The van der Waals surface area contributed by atoms with Crippen LogP contribution in [0.5, 0.6) is 0 Å². The first-order chi connectivity index (χ1) is 8.99. The Bertz CT molecular complexity index is 592. The number of benzene rings is 2. The van der Waals surface area contributed by atoms with Crippen LogP contribution in [0.4, 0.5) is 4.39 Å². The van der Waals surface area contributed by atoms with E-state index < -0.39 is 5.54 Å². The molecular formula is C17H20FN. The summed E-state index contributed by atoms with van der Waals surface area (Å²) in [6.45, 7) is 6.04. The van der Waals surface area contributed by atoms with Crippen LogP contribution in [0.15, 0.2) is 42.5 Å². The molecule has 1 atom stereocenters. The van der Waals surface area contributed by atoms with Crippen molar-refractivity contribution in [2.75, 3.05) is 0 Å². The van der Waals surface area contributed by atoms with Gasteiger partial charge in [-0.3, -0.25) is 0 Å². The van der Waals surface area contributed by atoms with Crippen LogP contribution in [0.3, 0.4) is 0 Å². The number of nitrogens with two attached hydrogens (primary N) is 1. The predicted octanol–water partition coefficient (Wildman–Crippen LogP) is 4.05. The molecule has 1 unspecified atom stereocenters. The summed E-state index contributed by atoms with van der Waals surface area (Å²) in [5, 5.41) is 0. The number of hydrogen-bond donors (Lipinski definition) is 1. The van der Waals surface area contributed by atoms with E-state index in [0.29, 0.717) is 12.0 Å². The van der Waals surface area contributed by atoms with E-state index in [1.165, 1.54) is 6.07 Å². The molecule has 2 N–H and O–H groups in total. The monoisotopic (exact) mass is 257 g/mol. The van der Waals surface area contributed by atoms with Gasteiger partial charge in [-0.1, -0.05) is 48.9 Å². The van der Waals surface area contributed by atoms with E-state index in [0.717, 1.165) is 16.7 Å². The summed E-state index contributed by atoms with van der Waals surface area (Å²) in [6, 6.07) is 12.9. The zero-order chi connectivity index (χ0) is 14.0. The lowest BCUT2D eigenvalue weighted by atomic mass is 9.79. The molecule has 2 heteroatoms. The fourth-order valence-electron chi connectivity index (χ4n) is 2.57. The van der Waals surface area contributed by atoms with Crippen LogP contribution >= 0.6 is 0 Å². The number of halogens is 1. The van der Waals surface area contributed by atoms with Crippen molar-refractivity contribution < 1.29 is 4.39 Å². The Morgan fingerprint density at radius 1 is 1.05 bits per heavy atom. The fourth-order valence-corrected chi connectivity index (χ4v) is 2.57. The molecule has 0 aliphatic heterocycles. The van der Waals surface area contributed by atoms with Gasteiger partial charge in [-0.15, -0.1) is 0 Å². The van der Waals surface area contributed by atoms with Gasteiger partial charge < -0.3 is 5.73 Å². The molecule has 0 aliphatic rings. The number of rotatable bonds is 3. The Balaban J connectivity index is 2.66. The summed E-state index contributed by atoms with van der Waals surface area (Å²) in [6.07, 6.45) is 0.651. The van der Waals surface area contributed by atoms with E-state index in [1.54, 1.807) is 12.1 Å². The molecule has 0 amide bonds. The Hall–Kier alpha value is -1.67. The fraction of sp³-hybridized carbons (Fsp3) is 0.294. The minimum atomic E-state index is -0.776. The summed E-state index contributed by atoms with van der Waals surface area (Å²) in [5.74, 6) is -0.243. The highest BCUT2D eigenvalue weighted by atomic mass is 19.1. The molecule has 19 heavy (non-hydrogen) atoms. The van der Waals surface area contributed by atoms with Crippen LogP contribution < -0.4 is 5.73 Å². The van der Waals surface area contributed by atoms with E-state index in [-0.39, 0.29) is 5.82 Å². The van der Waals surface area contributed by atoms with Crippen LogP contribution in [-0.2, 0) is 5.54 Å². The van der Waals surface area contributed by atoms with Crippen LogP contribution in [0, 0.1) is 19.7 Å². The van der Waals surface area contributed by atoms with E-state index in [9.17, 15) is 4.39 Å². The van der Waals surface area contributed by atoms with Crippen LogP contribution in [-0.4, -0.2) is 0 Å². The minimum Gasteiger partial charge on any atom is -0.318 e. The van der Waals surface area contributed by atoms with Crippen molar-refractivity contribution in [2.24, 2.45) is 5.73 Å². The van der Waals surface area contributed by atoms with E-state index in [2.05, 4.69) is 12.1 Å². The second-order valence-corrected chi connectivity index (χ2v) is 5.12. The van der Waals surface area contributed by atoms with Gasteiger partial charge in [0.2, 0.25) is 0 Å².